The van der Waals surface area contributed by atoms with Crippen molar-refractivity contribution in [2.45, 2.75) is 13.8 Å². The highest BCUT2D eigenvalue weighted by atomic mass is 32.7. The Bertz CT molecular complexity index is 220. The van der Waals surface area contributed by atoms with E-state index in [1.807, 2.05) is 13.8 Å². The number of hydrogen-bond acceptors (Lipinski definition) is 4. The molecule has 0 fully saturated rings. The first-order chi connectivity index (χ1) is 5.83. The van der Waals surface area contributed by atoms with Crippen molar-refractivity contribution < 1.29 is 14.0 Å². The van der Waals surface area contributed by atoms with E-state index in [0.29, 0.717) is 5.75 Å². The van der Waals surface area contributed by atoms with Crippen LogP contribution in [-0.2, 0) is 9.13 Å². The molecule has 13 heavy (non-hydrogen) atoms. The van der Waals surface area contributed by atoms with Crippen LogP contribution < -0.4 is 0 Å². The van der Waals surface area contributed by atoms with Crippen molar-refractivity contribution in [1.29, 1.82) is 0 Å². The van der Waals surface area contributed by atoms with Crippen LogP contribution in [0, 0.1) is 0 Å². The second-order valence-corrected chi connectivity index (χ2v) is 14.3. The Labute approximate surface area is 87.8 Å². The van der Waals surface area contributed by atoms with E-state index in [1.54, 1.807) is 6.66 Å². The highest BCUT2D eigenvalue weighted by Crippen LogP contribution is 2.69. The van der Waals surface area contributed by atoms with E-state index in [9.17, 15) is 14.0 Å². The van der Waals surface area contributed by atoms with E-state index in [-0.39, 0.29) is 5.90 Å². The predicted molar refractivity (Wildman–Crippen MR) is 64.5 cm³/mol. The Morgan fingerprint density at radius 2 is 1.62 bits per heavy atom. The van der Waals surface area contributed by atoms with Gasteiger partial charge in [0.2, 0.25) is 0 Å². The minimum Gasteiger partial charge on any atom is -0.337 e. The molecule has 7 heteroatoms. The number of hydrogen-bond donors (Lipinski definition) is 1. The summed E-state index contributed by atoms with van der Waals surface area (Å²) in [6.07, 6.45) is -2.46. The van der Waals surface area contributed by atoms with Gasteiger partial charge in [-0.05, 0) is 18.2 Å². The molecule has 0 aliphatic heterocycles. The topological polar surface area (TPSA) is 54.4 Å². The lowest BCUT2D eigenvalue weighted by Crippen LogP contribution is -1.86. The minimum absolute atomic E-state index is 0.0446. The van der Waals surface area contributed by atoms with Crippen LogP contribution in [0.1, 0.15) is 13.8 Å². The summed E-state index contributed by atoms with van der Waals surface area (Å²) in [7, 11) is 0. The zero-order valence-corrected chi connectivity index (χ0v) is 11.5. The zero-order chi connectivity index (χ0) is 10.5. The first kappa shape index (κ1) is 14.1. The van der Waals surface area contributed by atoms with Gasteiger partial charge in [-0.1, -0.05) is 36.6 Å². The van der Waals surface area contributed by atoms with Crippen LogP contribution in [0.4, 0.5) is 0 Å². The maximum absolute atomic E-state index is 11.7. The molecule has 3 nitrogen and oxygen atoms in total. The van der Waals surface area contributed by atoms with E-state index < -0.39 is 12.9 Å². The summed E-state index contributed by atoms with van der Waals surface area (Å²) >= 11 is 2.31. The SMILES string of the molecule is CCSP(C)(=O)CP(=O)(O)SCC. The monoisotopic (exact) mass is 262 g/mol. The van der Waals surface area contributed by atoms with Gasteiger partial charge in [0.05, 0.1) is 5.90 Å². The van der Waals surface area contributed by atoms with Crippen LogP contribution in [0.15, 0.2) is 0 Å². The van der Waals surface area contributed by atoms with Crippen molar-refractivity contribution in [3.63, 3.8) is 0 Å². The summed E-state index contributed by atoms with van der Waals surface area (Å²) in [5.74, 6) is 1.27. The third-order valence-corrected chi connectivity index (χ3v) is 12.6. The second-order valence-electron chi connectivity index (χ2n) is 2.63. The smallest absolute Gasteiger partial charge is 0.263 e. The lowest BCUT2D eigenvalue weighted by atomic mass is 11.0. The van der Waals surface area contributed by atoms with Crippen molar-refractivity contribution in [3.8, 4) is 0 Å². The largest absolute Gasteiger partial charge is 0.337 e. The van der Waals surface area contributed by atoms with Crippen molar-refractivity contribution in [3.05, 3.63) is 0 Å². The van der Waals surface area contributed by atoms with Gasteiger partial charge in [0.25, 0.3) is 6.57 Å². The molecule has 0 saturated heterocycles. The Morgan fingerprint density at radius 3 is 2.00 bits per heavy atom. The average Bonchev–Trinajstić information content (AvgIpc) is 1.82. The number of rotatable bonds is 6. The molecule has 2 atom stereocenters. The van der Waals surface area contributed by atoms with Crippen molar-refractivity contribution in [2.24, 2.45) is 0 Å². The van der Waals surface area contributed by atoms with Gasteiger partial charge in [-0.15, -0.1) is 0 Å². The molecule has 0 aromatic heterocycles. The van der Waals surface area contributed by atoms with Crippen LogP contribution in [0.3, 0.4) is 0 Å². The predicted octanol–water partition coefficient (Wildman–Crippen LogP) is 3.54. The van der Waals surface area contributed by atoms with Crippen molar-refractivity contribution >= 4 is 35.7 Å². The molecule has 0 bridgehead atoms. The van der Waals surface area contributed by atoms with Gasteiger partial charge in [0.15, 0.2) is 0 Å². The quantitative estimate of drug-likeness (QED) is 0.742. The van der Waals surface area contributed by atoms with Crippen molar-refractivity contribution in [1.82, 2.24) is 0 Å². The molecular weight excluding hydrogens is 246 g/mol. The van der Waals surface area contributed by atoms with Crippen LogP contribution in [-0.4, -0.2) is 29.0 Å². The summed E-state index contributed by atoms with van der Waals surface area (Å²) in [5.41, 5.74) is 0. The molecule has 0 aliphatic rings. The van der Waals surface area contributed by atoms with Gasteiger partial charge in [-0.2, -0.15) is 0 Å². The van der Waals surface area contributed by atoms with E-state index in [0.717, 1.165) is 17.1 Å². The van der Waals surface area contributed by atoms with Gasteiger partial charge in [0.1, 0.15) is 6.34 Å². The van der Waals surface area contributed by atoms with E-state index in [2.05, 4.69) is 0 Å². The maximum Gasteiger partial charge on any atom is 0.263 e. The van der Waals surface area contributed by atoms with Crippen LogP contribution in [0.5, 0.6) is 0 Å². The molecule has 0 aromatic rings. The van der Waals surface area contributed by atoms with Gasteiger partial charge < -0.3 is 9.46 Å². The lowest BCUT2D eigenvalue weighted by Gasteiger charge is -2.15. The summed E-state index contributed by atoms with van der Waals surface area (Å²) in [4.78, 5) is 9.41. The summed E-state index contributed by atoms with van der Waals surface area (Å²) in [6.45, 7) is 2.09. The molecule has 0 heterocycles. The molecular formula is C6H16O3P2S2. The van der Waals surface area contributed by atoms with Crippen LogP contribution in [0.25, 0.3) is 0 Å². The van der Waals surface area contributed by atoms with E-state index in [4.69, 9.17) is 0 Å². The highest BCUT2D eigenvalue weighted by molar-refractivity contribution is 8.63. The molecule has 0 saturated carbocycles. The van der Waals surface area contributed by atoms with Gasteiger partial charge >= 0.3 is 0 Å². The molecule has 0 amide bonds. The van der Waals surface area contributed by atoms with Gasteiger partial charge in [-0.25, -0.2) is 0 Å². The normalized spacial score (nSPS) is 20.6. The van der Waals surface area contributed by atoms with E-state index in [1.165, 1.54) is 11.4 Å². The van der Waals surface area contributed by atoms with Crippen molar-refractivity contribution in [2.75, 3.05) is 24.1 Å². The van der Waals surface area contributed by atoms with Crippen LogP contribution in [0.2, 0.25) is 0 Å². The van der Waals surface area contributed by atoms with Gasteiger partial charge in [-0.3, -0.25) is 4.57 Å². The lowest BCUT2D eigenvalue weighted by molar-refractivity contribution is 0.501. The fourth-order valence-electron chi connectivity index (χ4n) is 0.881. The molecule has 0 aromatic carbocycles. The zero-order valence-electron chi connectivity index (χ0n) is 8.10. The molecule has 1 N–H and O–H groups in total. The third-order valence-electron chi connectivity index (χ3n) is 1.17. The van der Waals surface area contributed by atoms with Crippen LogP contribution >= 0.6 is 35.7 Å². The minimum atomic E-state index is -3.21. The molecule has 0 rings (SSSR count). The highest BCUT2D eigenvalue weighted by Gasteiger charge is 2.28. The summed E-state index contributed by atoms with van der Waals surface area (Å²) < 4.78 is 23.2. The molecule has 2 unspecified atom stereocenters. The van der Waals surface area contributed by atoms with E-state index >= 15 is 0 Å². The Kier molecular flexibility index (Phi) is 6.38. The molecule has 0 spiro atoms. The fourth-order valence-corrected chi connectivity index (χ4v) is 13.4. The Hall–Kier alpha value is 1.12. The molecule has 0 aliphatic carbocycles. The molecule has 80 valence electrons. The van der Waals surface area contributed by atoms with Gasteiger partial charge in [0, 0.05) is 0 Å². The summed E-state index contributed by atoms with van der Waals surface area (Å²) in [6, 6.07) is 0. The standard InChI is InChI=1S/C6H16O3P2S2/c1-4-12-10(3,7)6-11(8,9)13-5-2/h4-6H2,1-3H3,(H,8,9). The fraction of sp³-hybridized carbons (Fsp3) is 1.00. The molecule has 0 radical (unpaired) electrons. The third kappa shape index (κ3) is 7.10. The first-order valence-electron chi connectivity index (χ1n) is 4.00. The second kappa shape index (κ2) is 5.87. The average molecular weight is 262 g/mol. The Balaban J connectivity index is 4.25. The maximum atomic E-state index is 11.7. The first-order valence-corrected chi connectivity index (χ1v) is 11.4. The summed E-state index contributed by atoms with van der Waals surface area (Å²) in [5, 5.41) is 0. The Morgan fingerprint density at radius 1 is 1.15 bits per heavy atom.